The van der Waals surface area contributed by atoms with Crippen LogP contribution in [0.3, 0.4) is 0 Å². The van der Waals surface area contributed by atoms with Crippen LogP contribution in [0, 0.1) is 17.6 Å². The quantitative estimate of drug-likeness (QED) is 0.779. The number of amides is 1. The van der Waals surface area contributed by atoms with E-state index in [-0.39, 0.29) is 17.6 Å². The fourth-order valence-electron chi connectivity index (χ4n) is 2.36. The van der Waals surface area contributed by atoms with Gasteiger partial charge >= 0.3 is 0 Å². The van der Waals surface area contributed by atoms with Gasteiger partial charge in [-0.1, -0.05) is 0 Å². The minimum Gasteiger partial charge on any atom is -0.325 e. The molecular weight excluding hydrogens is 252 g/mol. The standard InChI is InChI=1S/C13H15F2N3O/c14-9-4-3-8(5-10(9)15)16-13(19)12-6-11(17-18-12)7-1-2-7/h3-5,7,11-12,17-18H,1-2,6H2,(H,16,19). The van der Waals surface area contributed by atoms with Crippen molar-refractivity contribution in [2.75, 3.05) is 5.32 Å². The highest BCUT2D eigenvalue weighted by Crippen LogP contribution is 2.35. The third-order valence-electron chi connectivity index (χ3n) is 3.63. The van der Waals surface area contributed by atoms with Crippen molar-refractivity contribution in [3.63, 3.8) is 0 Å². The third-order valence-corrected chi connectivity index (χ3v) is 3.63. The van der Waals surface area contributed by atoms with E-state index in [1.54, 1.807) is 0 Å². The van der Waals surface area contributed by atoms with E-state index in [4.69, 9.17) is 0 Å². The van der Waals surface area contributed by atoms with Gasteiger partial charge in [-0.15, -0.1) is 0 Å². The minimum atomic E-state index is -0.967. The summed E-state index contributed by atoms with van der Waals surface area (Å²) in [4.78, 5) is 12.0. The predicted molar refractivity (Wildman–Crippen MR) is 66.2 cm³/mol. The van der Waals surface area contributed by atoms with Crippen LogP contribution in [-0.2, 0) is 4.79 Å². The summed E-state index contributed by atoms with van der Waals surface area (Å²) < 4.78 is 25.8. The van der Waals surface area contributed by atoms with Gasteiger partial charge in [0.15, 0.2) is 11.6 Å². The van der Waals surface area contributed by atoms with E-state index in [1.807, 2.05) is 0 Å². The number of hydrazine groups is 1. The lowest BCUT2D eigenvalue weighted by Gasteiger charge is -2.10. The zero-order valence-electron chi connectivity index (χ0n) is 10.2. The lowest BCUT2D eigenvalue weighted by molar-refractivity contribution is -0.117. The zero-order valence-corrected chi connectivity index (χ0v) is 10.2. The molecule has 0 spiro atoms. The van der Waals surface area contributed by atoms with E-state index in [0.717, 1.165) is 18.6 Å². The van der Waals surface area contributed by atoms with Crippen LogP contribution in [0.4, 0.5) is 14.5 Å². The van der Waals surface area contributed by atoms with E-state index < -0.39 is 11.6 Å². The minimum absolute atomic E-state index is 0.235. The van der Waals surface area contributed by atoms with Gasteiger partial charge in [0.25, 0.3) is 0 Å². The fourth-order valence-corrected chi connectivity index (χ4v) is 2.36. The second-order valence-corrected chi connectivity index (χ2v) is 5.14. The molecule has 1 amide bonds. The van der Waals surface area contributed by atoms with Gasteiger partial charge in [0.1, 0.15) is 6.04 Å². The van der Waals surface area contributed by atoms with Crippen molar-refractivity contribution in [1.82, 2.24) is 10.9 Å². The van der Waals surface area contributed by atoms with Crippen LogP contribution in [0.5, 0.6) is 0 Å². The zero-order chi connectivity index (χ0) is 13.4. The Morgan fingerprint density at radius 1 is 1.21 bits per heavy atom. The molecule has 4 nitrogen and oxygen atoms in total. The number of nitrogens with one attached hydrogen (secondary N) is 3. The molecule has 1 aliphatic carbocycles. The largest absolute Gasteiger partial charge is 0.325 e. The smallest absolute Gasteiger partial charge is 0.242 e. The van der Waals surface area contributed by atoms with Gasteiger partial charge in [0, 0.05) is 17.8 Å². The number of carbonyl (C=O) groups is 1. The second kappa shape index (κ2) is 4.86. The molecule has 2 unspecified atom stereocenters. The molecule has 19 heavy (non-hydrogen) atoms. The molecule has 1 saturated heterocycles. The Balaban J connectivity index is 1.60. The Morgan fingerprint density at radius 2 is 2.00 bits per heavy atom. The monoisotopic (exact) mass is 267 g/mol. The van der Waals surface area contributed by atoms with Crippen molar-refractivity contribution in [1.29, 1.82) is 0 Å². The summed E-state index contributed by atoms with van der Waals surface area (Å²) >= 11 is 0. The van der Waals surface area contributed by atoms with Crippen molar-refractivity contribution >= 4 is 11.6 Å². The first kappa shape index (κ1) is 12.5. The summed E-state index contributed by atoms with van der Waals surface area (Å²) in [5.74, 6) is -1.46. The maximum atomic E-state index is 13.0. The van der Waals surface area contributed by atoms with Gasteiger partial charge in [-0.3, -0.25) is 10.2 Å². The van der Waals surface area contributed by atoms with Crippen LogP contribution in [0.15, 0.2) is 18.2 Å². The second-order valence-electron chi connectivity index (χ2n) is 5.14. The highest BCUT2D eigenvalue weighted by Gasteiger charge is 2.38. The normalized spacial score (nSPS) is 26.4. The van der Waals surface area contributed by atoms with Gasteiger partial charge in [0.05, 0.1) is 0 Å². The van der Waals surface area contributed by atoms with Gasteiger partial charge in [-0.25, -0.2) is 14.2 Å². The SMILES string of the molecule is O=C(Nc1ccc(F)c(F)c1)C1CC(C2CC2)NN1. The van der Waals surface area contributed by atoms with E-state index >= 15 is 0 Å². The maximum absolute atomic E-state index is 13.0. The number of hydrogen-bond acceptors (Lipinski definition) is 3. The summed E-state index contributed by atoms with van der Waals surface area (Å²) in [6.07, 6.45) is 3.13. The topological polar surface area (TPSA) is 53.2 Å². The Morgan fingerprint density at radius 3 is 2.68 bits per heavy atom. The van der Waals surface area contributed by atoms with Crippen molar-refractivity contribution in [3.8, 4) is 0 Å². The number of halogens is 2. The lowest BCUT2D eigenvalue weighted by atomic mass is 10.1. The van der Waals surface area contributed by atoms with E-state index in [0.29, 0.717) is 12.0 Å². The summed E-state index contributed by atoms with van der Waals surface area (Å²) in [5.41, 5.74) is 6.32. The molecule has 6 heteroatoms. The summed E-state index contributed by atoms with van der Waals surface area (Å²) in [7, 11) is 0. The molecule has 3 rings (SSSR count). The highest BCUT2D eigenvalue weighted by atomic mass is 19.2. The molecule has 1 saturated carbocycles. The molecule has 0 aromatic heterocycles. The molecule has 1 aromatic carbocycles. The molecule has 102 valence electrons. The van der Waals surface area contributed by atoms with Crippen LogP contribution in [0.1, 0.15) is 19.3 Å². The van der Waals surface area contributed by atoms with E-state index in [1.165, 1.54) is 18.9 Å². The molecule has 1 aliphatic heterocycles. The van der Waals surface area contributed by atoms with Crippen molar-refractivity contribution in [2.45, 2.75) is 31.3 Å². The van der Waals surface area contributed by atoms with Gasteiger partial charge in [-0.05, 0) is 37.3 Å². The average Bonchev–Trinajstić information content (AvgIpc) is 3.11. The summed E-state index contributed by atoms with van der Waals surface area (Å²) in [6, 6.07) is 3.32. The molecule has 3 N–H and O–H groups in total. The number of rotatable bonds is 3. The fraction of sp³-hybridized carbons (Fsp3) is 0.462. The Hall–Kier alpha value is -1.53. The number of benzene rings is 1. The average molecular weight is 267 g/mol. The molecule has 2 fully saturated rings. The number of anilines is 1. The van der Waals surface area contributed by atoms with E-state index in [2.05, 4.69) is 16.2 Å². The van der Waals surface area contributed by atoms with Crippen molar-refractivity contribution in [3.05, 3.63) is 29.8 Å². The van der Waals surface area contributed by atoms with Gasteiger partial charge in [-0.2, -0.15) is 0 Å². The number of carbonyl (C=O) groups excluding carboxylic acids is 1. The van der Waals surface area contributed by atoms with Gasteiger partial charge in [0.2, 0.25) is 5.91 Å². The summed E-state index contributed by atoms with van der Waals surface area (Å²) in [6.45, 7) is 0. The van der Waals surface area contributed by atoms with Crippen LogP contribution >= 0.6 is 0 Å². The van der Waals surface area contributed by atoms with Crippen LogP contribution in [0.25, 0.3) is 0 Å². The molecule has 0 radical (unpaired) electrons. The molecular formula is C13H15F2N3O. The number of hydrogen-bond donors (Lipinski definition) is 3. The first-order valence-electron chi connectivity index (χ1n) is 6.40. The Labute approximate surface area is 109 Å². The van der Waals surface area contributed by atoms with Crippen molar-refractivity contribution < 1.29 is 13.6 Å². The van der Waals surface area contributed by atoms with Crippen LogP contribution < -0.4 is 16.2 Å². The Bertz CT molecular complexity index is 505. The predicted octanol–water partition coefficient (Wildman–Crippen LogP) is 1.55. The maximum Gasteiger partial charge on any atom is 0.242 e. The lowest BCUT2D eigenvalue weighted by Crippen LogP contribution is -2.40. The third kappa shape index (κ3) is 2.74. The Kier molecular flexibility index (Phi) is 3.20. The molecule has 2 aliphatic rings. The van der Waals surface area contributed by atoms with Gasteiger partial charge < -0.3 is 5.32 Å². The first-order valence-corrected chi connectivity index (χ1v) is 6.40. The molecule has 1 heterocycles. The van der Waals surface area contributed by atoms with E-state index in [9.17, 15) is 13.6 Å². The molecule has 2 atom stereocenters. The van der Waals surface area contributed by atoms with Crippen LogP contribution in [-0.4, -0.2) is 18.0 Å². The molecule has 0 bridgehead atoms. The highest BCUT2D eigenvalue weighted by molar-refractivity contribution is 5.95. The summed E-state index contributed by atoms with van der Waals surface area (Å²) in [5, 5.41) is 2.58. The van der Waals surface area contributed by atoms with Crippen LogP contribution in [0.2, 0.25) is 0 Å². The van der Waals surface area contributed by atoms with Crippen molar-refractivity contribution in [2.24, 2.45) is 5.92 Å². The molecule has 1 aromatic rings. The first-order chi connectivity index (χ1) is 9.13.